The summed E-state index contributed by atoms with van der Waals surface area (Å²) in [5.74, 6) is -3.96. The molecule has 0 radical (unpaired) electrons. The van der Waals surface area contributed by atoms with Gasteiger partial charge < -0.3 is 20.6 Å². The lowest BCUT2D eigenvalue weighted by atomic mass is 9.71. The van der Waals surface area contributed by atoms with Crippen molar-refractivity contribution in [2.45, 2.75) is 47.5 Å². The van der Waals surface area contributed by atoms with Crippen LogP contribution in [0.25, 0.3) is 0 Å². The van der Waals surface area contributed by atoms with Gasteiger partial charge >= 0.3 is 0 Å². The number of benzene rings is 2. The van der Waals surface area contributed by atoms with Crippen LogP contribution in [0.15, 0.2) is 41.3 Å². The molecule has 184 valence electrons. The van der Waals surface area contributed by atoms with E-state index in [0.29, 0.717) is 12.8 Å². The molecule has 2 aromatic carbocycles. The summed E-state index contributed by atoms with van der Waals surface area (Å²) in [6.07, 6.45) is -0.161. The monoisotopic (exact) mass is 515 g/mol. The first-order valence-corrected chi connectivity index (χ1v) is 12.7. The number of sulfone groups is 1. The Morgan fingerprint density at radius 2 is 1.76 bits per heavy atom. The number of halogens is 3. The Kier molecular flexibility index (Phi) is 6.73. The normalized spacial score (nSPS) is 27.4. The van der Waals surface area contributed by atoms with Crippen LogP contribution in [0.3, 0.4) is 0 Å². The predicted molar refractivity (Wildman–Crippen MR) is 120 cm³/mol. The van der Waals surface area contributed by atoms with Crippen molar-refractivity contribution in [2.75, 3.05) is 11.9 Å². The van der Waals surface area contributed by atoms with E-state index in [1.807, 2.05) is 0 Å². The fraction of sp³-hybridized carbons (Fsp3) is 0.435. The smallest absolute Gasteiger partial charge is 0.255 e. The van der Waals surface area contributed by atoms with Gasteiger partial charge in [-0.1, -0.05) is 11.6 Å². The average Bonchev–Trinajstić information content (AvgIpc) is 2.97. The fourth-order valence-electron chi connectivity index (χ4n) is 5.31. The lowest BCUT2D eigenvalue weighted by Gasteiger charge is -2.44. The number of hydrogen-bond donors (Lipinski definition) is 4. The van der Waals surface area contributed by atoms with Gasteiger partial charge in [-0.25, -0.2) is 17.2 Å². The van der Waals surface area contributed by atoms with Gasteiger partial charge in [-0.05, 0) is 67.9 Å². The molecule has 2 aliphatic rings. The first kappa shape index (κ1) is 25.0. The van der Waals surface area contributed by atoms with Crippen LogP contribution in [-0.2, 0) is 9.84 Å². The summed E-state index contributed by atoms with van der Waals surface area (Å²) in [7, 11) is -4.02. The van der Waals surface area contributed by atoms with E-state index >= 15 is 0 Å². The van der Waals surface area contributed by atoms with Gasteiger partial charge in [-0.15, -0.1) is 0 Å². The van der Waals surface area contributed by atoms with Gasteiger partial charge in [-0.3, -0.25) is 4.79 Å². The summed E-state index contributed by atoms with van der Waals surface area (Å²) in [6.45, 7) is -0.623. The number of anilines is 1. The van der Waals surface area contributed by atoms with Gasteiger partial charge in [0.2, 0.25) is 0 Å². The van der Waals surface area contributed by atoms with Crippen molar-refractivity contribution in [3.63, 3.8) is 0 Å². The molecule has 7 nitrogen and oxygen atoms in total. The highest BCUT2D eigenvalue weighted by molar-refractivity contribution is 7.92. The Labute approximate surface area is 200 Å². The van der Waals surface area contributed by atoms with Crippen LogP contribution in [0.4, 0.5) is 14.5 Å². The molecule has 0 aliphatic heterocycles. The van der Waals surface area contributed by atoms with Crippen molar-refractivity contribution in [1.82, 2.24) is 0 Å². The third-order valence-electron chi connectivity index (χ3n) is 7.09. The molecular weight excluding hydrogens is 492 g/mol. The Morgan fingerprint density at radius 1 is 1.12 bits per heavy atom. The second-order valence-electron chi connectivity index (χ2n) is 8.92. The molecule has 2 saturated carbocycles. The van der Waals surface area contributed by atoms with Gasteiger partial charge in [0.1, 0.15) is 6.10 Å². The standard InChI is InChI=1S/C23H24ClF2NO6S/c24-17-5-1-12(22(30)27-15-4-6-18(25)19(26)10-15)7-20(17)34(32,33)16-8-13-2-3-14(9-16)23(13,31)21(29)11-28/h1,4-7,10,13-14,16,21,28-29,31H,2-3,8-9,11H2,(H,27,30)/t13-,14?,16-,21-,23-/m0/s1. The molecule has 2 aromatic rings. The number of rotatable bonds is 6. The molecule has 0 heterocycles. The maximum absolute atomic E-state index is 13.5. The van der Waals surface area contributed by atoms with Crippen LogP contribution >= 0.6 is 11.6 Å². The van der Waals surface area contributed by atoms with E-state index in [-0.39, 0.29) is 34.0 Å². The quantitative estimate of drug-likeness (QED) is 0.469. The number of amides is 1. The molecular formula is C23H24ClF2NO6S. The first-order chi connectivity index (χ1) is 16.0. The molecule has 1 amide bonds. The largest absolute Gasteiger partial charge is 0.394 e. The summed E-state index contributed by atoms with van der Waals surface area (Å²) in [6, 6.07) is 6.56. The average molecular weight is 516 g/mol. The number of carbonyl (C=O) groups excluding carboxylic acids is 1. The van der Waals surface area contributed by atoms with Crippen LogP contribution in [-0.4, -0.2) is 53.2 Å². The van der Waals surface area contributed by atoms with E-state index in [4.69, 9.17) is 11.6 Å². The third kappa shape index (κ3) is 4.22. The predicted octanol–water partition coefficient (Wildman–Crippen LogP) is 2.92. The van der Waals surface area contributed by atoms with E-state index in [1.54, 1.807) is 0 Å². The molecule has 1 unspecified atom stereocenters. The summed E-state index contributed by atoms with van der Waals surface area (Å²) in [5, 5.41) is 31.9. The van der Waals surface area contributed by atoms with E-state index in [1.165, 1.54) is 18.2 Å². The van der Waals surface area contributed by atoms with Gasteiger partial charge in [0.15, 0.2) is 21.5 Å². The van der Waals surface area contributed by atoms with Crippen molar-refractivity contribution >= 4 is 33.0 Å². The van der Waals surface area contributed by atoms with Crippen molar-refractivity contribution in [3.8, 4) is 0 Å². The molecule has 34 heavy (non-hydrogen) atoms. The Balaban J connectivity index is 1.59. The highest BCUT2D eigenvalue weighted by Crippen LogP contribution is 2.53. The molecule has 11 heteroatoms. The topological polar surface area (TPSA) is 124 Å². The number of aliphatic hydroxyl groups is 3. The Hall–Kier alpha value is -2.11. The van der Waals surface area contributed by atoms with Crippen molar-refractivity contribution in [1.29, 1.82) is 0 Å². The van der Waals surface area contributed by atoms with E-state index in [0.717, 1.165) is 18.2 Å². The summed E-state index contributed by atoms with van der Waals surface area (Å²) in [5.41, 5.74) is -1.59. The van der Waals surface area contributed by atoms with Gasteiger partial charge in [0, 0.05) is 17.3 Å². The van der Waals surface area contributed by atoms with E-state index in [2.05, 4.69) is 5.32 Å². The van der Waals surface area contributed by atoms with E-state index < -0.39 is 62.8 Å². The zero-order chi connectivity index (χ0) is 24.8. The maximum Gasteiger partial charge on any atom is 0.255 e. The first-order valence-electron chi connectivity index (χ1n) is 10.8. The summed E-state index contributed by atoms with van der Waals surface area (Å²) >= 11 is 6.20. The highest BCUT2D eigenvalue weighted by atomic mass is 35.5. The summed E-state index contributed by atoms with van der Waals surface area (Å²) < 4.78 is 53.5. The van der Waals surface area contributed by atoms with Crippen molar-refractivity contribution in [2.24, 2.45) is 11.8 Å². The molecule has 2 aliphatic carbocycles. The van der Waals surface area contributed by atoms with E-state index in [9.17, 15) is 37.3 Å². The Morgan fingerprint density at radius 3 is 2.35 bits per heavy atom. The minimum absolute atomic E-state index is 0.00570. The molecule has 4 rings (SSSR count). The molecule has 2 bridgehead atoms. The molecule has 0 aromatic heterocycles. The van der Waals surface area contributed by atoms with Crippen LogP contribution in [0.1, 0.15) is 36.0 Å². The van der Waals surface area contributed by atoms with Crippen LogP contribution in [0, 0.1) is 23.5 Å². The molecule has 0 spiro atoms. The highest BCUT2D eigenvalue weighted by Gasteiger charge is 2.58. The second-order valence-corrected chi connectivity index (χ2v) is 11.5. The Bertz CT molecular complexity index is 1210. The third-order valence-corrected chi connectivity index (χ3v) is 9.74. The lowest BCUT2D eigenvalue weighted by Crippen LogP contribution is -2.56. The number of fused-ring (bicyclic) bond motifs is 2. The number of hydrogen-bond acceptors (Lipinski definition) is 6. The van der Waals surface area contributed by atoms with Crippen LogP contribution in [0.5, 0.6) is 0 Å². The van der Waals surface area contributed by atoms with Gasteiger partial charge in [0.05, 0.1) is 27.4 Å². The zero-order valence-electron chi connectivity index (χ0n) is 17.9. The molecule has 2 fully saturated rings. The minimum Gasteiger partial charge on any atom is -0.394 e. The SMILES string of the molecule is O=C(Nc1ccc(F)c(F)c1)c1ccc(Cl)c(S(=O)(=O)[C@@H]2CC3CC[C@@H](C2)[C@@]3(O)[C@@H](O)CO)c1. The number of aliphatic hydroxyl groups excluding tert-OH is 2. The molecule has 4 N–H and O–H groups in total. The maximum atomic E-state index is 13.5. The van der Waals surface area contributed by atoms with Gasteiger partial charge in [0.25, 0.3) is 5.91 Å². The second kappa shape index (κ2) is 9.16. The van der Waals surface area contributed by atoms with Gasteiger partial charge in [-0.2, -0.15) is 0 Å². The lowest BCUT2D eigenvalue weighted by molar-refractivity contribution is -0.154. The number of carbonyl (C=O) groups is 1. The fourth-order valence-corrected chi connectivity index (χ4v) is 7.71. The molecule has 0 saturated heterocycles. The van der Waals surface area contributed by atoms with Crippen LogP contribution in [0.2, 0.25) is 5.02 Å². The zero-order valence-corrected chi connectivity index (χ0v) is 19.5. The number of nitrogens with one attached hydrogen (secondary N) is 1. The minimum atomic E-state index is -4.02. The van der Waals surface area contributed by atoms with Crippen molar-refractivity contribution in [3.05, 3.63) is 58.6 Å². The molecule has 5 atom stereocenters. The van der Waals surface area contributed by atoms with Crippen LogP contribution < -0.4 is 5.32 Å². The van der Waals surface area contributed by atoms with Crippen molar-refractivity contribution < 1.29 is 37.3 Å². The summed E-state index contributed by atoms with van der Waals surface area (Å²) in [4.78, 5) is 12.4.